The highest BCUT2D eigenvalue weighted by molar-refractivity contribution is 7.90. The van der Waals surface area contributed by atoms with Crippen LogP contribution in [0.4, 0.5) is 0 Å². The Morgan fingerprint density at radius 3 is 2.45 bits per heavy atom. The monoisotopic (exact) mass is 297 g/mol. The van der Waals surface area contributed by atoms with E-state index in [-0.39, 0.29) is 10.7 Å². The summed E-state index contributed by atoms with van der Waals surface area (Å²) >= 11 is 0. The zero-order valence-corrected chi connectivity index (χ0v) is 13.0. The van der Waals surface area contributed by atoms with Crippen LogP contribution in [-0.4, -0.2) is 32.4 Å². The van der Waals surface area contributed by atoms with Gasteiger partial charge < -0.3 is 9.85 Å². The number of quaternary nitrogens is 1. The summed E-state index contributed by atoms with van der Waals surface area (Å²) in [7, 11) is -3.17. The highest BCUT2D eigenvalue weighted by Crippen LogP contribution is 2.37. The van der Waals surface area contributed by atoms with Crippen LogP contribution in [0.15, 0.2) is 29.2 Å². The first-order valence-corrected chi connectivity index (χ1v) is 9.14. The molecule has 0 bridgehead atoms. The topological polar surface area (TPSA) is 57.2 Å². The van der Waals surface area contributed by atoms with Gasteiger partial charge in [-0.1, -0.05) is 19.1 Å². The summed E-state index contributed by atoms with van der Waals surface area (Å²) in [4.78, 5) is 0.316. The van der Waals surface area contributed by atoms with Crippen LogP contribution in [-0.2, 0) is 9.84 Å². The third-order valence-electron chi connectivity index (χ3n) is 4.13. The van der Waals surface area contributed by atoms with E-state index in [1.54, 1.807) is 12.1 Å². The molecule has 1 aliphatic rings. The van der Waals surface area contributed by atoms with Crippen LogP contribution in [0.5, 0.6) is 0 Å². The van der Waals surface area contributed by atoms with Gasteiger partial charge in [-0.15, -0.1) is 0 Å². The maximum absolute atomic E-state index is 13.0. The molecule has 0 aromatic heterocycles. The molecule has 5 heteroatoms. The molecule has 0 aliphatic carbocycles. The van der Waals surface area contributed by atoms with Gasteiger partial charge in [-0.2, -0.15) is 0 Å². The number of hydrogen-bond donors (Lipinski definition) is 0. The molecule has 0 radical (unpaired) electrons. The van der Waals surface area contributed by atoms with Gasteiger partial charge in [0.25, 0.3) is 0 Å². The number of sulfone groups is 1. The van der Waals surface area contributed by atoms with Gasteiger partial charge in [0.05, 0.1) is 18.0 Å². The molecule has 20 heavy (non-hydrogen) atoms. The number of likely N-dealkylation sites (tertiary alicyclic amines) is 1. The van der Waals surface area contributed by atoms with Crippen molar-refractivity contribution in [1.29, 1.82) is 0 Å². The van der Waals surface area contributed by atoms with Crippen molar-refractivity contribution in [3.8, 4) is 0 Å². The summed E-state index contributed by atoms with van der Waals surface area (Å²) < 4.78 is 22.8. The predicted molar refractivity (Wildman–Crippen MR) is 79.8 cm³/mol. The fraction of sp³-hybridized carbons (Fsp3) is 0.600. The van der Waals surface area contributed by atoms with E-state index in [1.165, 1.54) is 6.26 Å². The molecular formula is C15H23NO3S. The van der Waals surface area contributed by atoms with Gasteiger partial charge in [-0.25, -0.2) is 8.42 Å². The van der Waals surface area contributed by atoms with Crippen LogP contribution < -0.4 is 0 Å². The van der Waals surface area contributed by atoms with Crippen molar-refractivity contribution in [2.45, 2.75) is 43.5 Å². The first-order valence-electron chi connectivity index (χ1n) is 7.24. The van der Waals surface area contributed by atoms with Gasteiger partial charge >= 0.3 is 0 Å². The molecule has 1 aliphatic heterocycles. The van der Waals surface area contributed by atoms with Crippen molar-refractivity contribution < 1.29 is 13.1 Å². The minimum Gasteiger partial charge on any atom is -0.632 e. The molecule has 112 valence electrons. The minimum atomic E-state index is -3.17. The molecule has 0 amide bonds. The molecule has 0 spiro atoms. The second kappa shape index (κ2) is 5.84. The van der Waals surface area contributed by atoms with Gasteiger partial charge in [-0.05, 0) is 31.4 Å². The Balaban J connectivity index is 2.29. The predicted octanol–water partition coefficient (Wildman–Crippen LogP) is 3.04. The average Bonchev–Trinajstić information content (AvgIpc) is 2.38. The van der Waals surface area contributed by atoms with Crippen LogP contribution in [0, 0.1) is 5.21 Å². The summed E-state index contributed by atoms with van der Waals surface area (Å²) in [6.07, 6.45) is 5.03. The second-order valence-corrected chi connectivity index (χ2v) is 7.77. The van der Waals surface area contributed by atoms with E-state index >= 15 is 0 Å². The SMILES string of the molecule is CCC[N+]1([O-])CCCCC1c1ccc(S(C)(=O)=O)cc1. The van der Waals surface area contributed by atoms with Crippen molar-refractivity contribution in [1.82, 2.24) is 0 Å². The standard InChI is InChI=1S/C15H23NO3S/c1-3-11-16(17)12-5-4-6-15(16)13-7-9-14(10-8-13)20(2,18)19/h7-10,15H,3-6,11-12H2,1-2H3. The summed E-state index contributed by atoms with van der Waals surface area (Å²) in [6.45, 7) is 3.35. The summed E-state index contributed by atoms with van der Waals surface area (Å²) in [5.74, 6) is 0. The molecule has 1 saturated heterocycles. The zero-order valence-electron chi connectivity index (χ0n) is 12.2. The van der Waals surface area contributed by atoms with Crippen LogP contribution in [0.25, 0.3) is 0 Å². The highest BCUT2D eigenvalue weighted by atomic mass is 32.2. The Kier molecular flexibility index (Phi) is 4.52. The lowest BCUT2D eigenvalue weighted by molar-refractivity contribution is -0.916. The Hall–Kier alpha value is -0.910. The summed E-state index contributed by atoms with van der Waals surface area (Å²) in [6, 6.07) is 6.82. The van der Waals surface area contributed by atoms with Crippen molar-refractivity contribution in [3.05, 3.63) is 35.0 Å². The van der Waals surface area contributed by atoms with Crippen LogP contribution >= 0.6 is 0 Å². The van der Waals surface area contributed by atoms with Crippen LogP contribution in [0.3, 0.4) is 0 Å². The molecule has 0 saturated carbocycles. The number of rotatable bonds is 4. The fourth-order valence-electron chi connectivity index (χ4n) is 3.13. The Labute approximate surface area is 121 Å². The minimum absolute atomic E-state index is 0.0442. The molecule has 1 aromatic carbocycles. The first-order chi connectivity index (χ1) is 9.37. The van der Waals surface area contributed by atoms with Crippen LogP contribution in [0.1, 0.15) is 44.2 Å². The maximum Gasteiger partial charge on any atom is 0.175 e. The Morgan fingerprint density at radius 2 is 1.90 bits per heavy atom. The number of benzene rings is 1. The van der Waals surface area contributed by atoms with Gasteiger partial charge in [0.1, 0.15) is 6.04 Å². The molecule has 2 rings (SSSR count). The van der Waals surface area contributed by atoms with Crippen LogP contribution in [0.2, 0.25) is 0 Å². The largest absolute Gasteiger partial charge is 0.632 e. The zero-order chi connectivity index (χ0) is 14.8. The van der Waals surface area contributed by atoms with Crippen molar-refractivity contribution in [2.24, 2.45) is 0 Å². The van der Waals surface area contributed by atoms with Crippen molar-refractivity contribution in [2.75, 3.05) is 19.3 Å². The van der Waals surface area contributed by atoms with E-state index in [0.717, 1.165) is 31.2 Å². The van der Waals surface area contributed by atoms with E-state index in [4.69, 9.17) is 0 Å². The lowest BCUT2D eigenvalue weighted by Gasteiger charge is -2.51. The smallest absolute Gasteiger partial charge is 0.175 e. The summed E-state index contributed by atoms with van der Waals surface area (Å²) in [5.41, 5.74) is 0.973. The highest BCUT2D eigenvalue weighted by Gasteiger charge is 2.32. The van der Waals surface area contributed by atoms with E-state index in [2.05, 4.69) is 0 Å². The van der Waals surface area contributed by atoms with Gasteiger partial charge in [0.2, 0.25) is 0 Å². The molecule has 1 aromatic rings. The van der Waals surface area contributed by atoms with E-state index < -0.39 is 9.84 Å². The molecule has 2 unspecified atom stereocenters. The molecule has 2 atom stereocenters. The van der Waals surface area contributed by atoms with E-state index in [1.807, 2.05) is 19.1 Å². The van der Waals surface area contributed by atoms with Gasteiger partial charge in [-0.3, -0.25) is 0 Å². The van der Waals surface area contributed by atoms with E-state index in [0.29, 0.717) is 18.0 Å². The molecule has 1 fully saturated rings. The Morgan fingerprint density at radius 1 is 1.25 bits per heavy atom. The normalized spacial score (nSPS) is 27.4. The summed E-state index contributed by atoms with van der Waals surface area (Å²) in [5, 5.41) is 13.0. The quantitative estimate of drug-likeness (QED) is 0.634. The number of nitrogens with zero attached hydrogens (tertiary/aromatic N) is 1. The average molecular weight is 297 g/mol. The lowest BCUT2D eigenvalue weighted by atomic mass is 9.94. The van der Waals surface area contributed by atoms with Crippen molar-refractivity contribution in [3.63, 3.8) is 0 Å². The lowest BCUT2D eigenvalue weighted by Crippen LogP contribution is -2.48. The maximum atomic E-state index is 13.0. The third-order valence-corrected chi connectivity index (χ3v) is 5.26. The molecular weight excluding hydrogens is 274 g/mol. The molecule has 1 heterocycles. The number of piperidine rings is 1. The second-order valence-electron chi connectivity index (χ2n) is 5.75. The number of hydroxylamine groups is 3. The number of hydrogen-bond acceptors (Lipinski definition) is 3. The van der Waals surface area contributed by atoms with Gasteiger partial charge in [0.15, 0.2) is 9.84 Å². The van der Waals surface area contributed by atoms with E-state index in [9.17, 15) is 13.6 Å². The third kappa shape index (κ3) is 3.22. The Bertz CT molecular complexity index is 549. The molecule has 4 nitrogen and oxygen atoms in total. The van der Waals surface area contributed by atoms with Gasteiger partial charge in [0, 0.05) is 18.2 Å². The van der Waals surface area contributed by atoms with Crippen molar-refractivity contribution >= 4 is 9.84 Å². The first kappa shape index (κ1) is 15.5. The fourth-order valence-corrected chi connectivity index (χ4v) is 3.76. The molecule has 0 N–H and O–H groups in total.